The Hall–Kier alpha value is -2.33. The van der Waals surface area contributed by atoms with Gasteiger partial charge < -0.3 is 19.3 Å². The molecule has 228 valence electrons. The standard InChI is InChI=1S/C10H13ClN4O3.C10H14N4O4.Cl3OP/c1-6-5-18-4-3-14(6)10-12-7(2)8(15(16)17)9(11)13-10;1-6-5-18-4-3-13(6)10-11-7(2)8(14(16)17)9(15)12-10;1-5(2,3)4/h6H,3-5H2,1-2H3;6H,3-5H2,1-2H3,(H,11,12,15);. The van der Waals surface area contributed by atoms with Crippen molar-refractivity contribution in [2.24, 2.45) is 0 Å². The van der Waals surface area contributed by atoms with E-state index in [2.05, 4.69) is 53.7 Å². The molecule has 1 N–H and O–H groups in total. The monoisotopic (exact) mass is 678 g/mol. The van der Waals surface area contributed by atoms with E-state index in [1.165, 1.54) is 6.92 Å². The summed E-state index contributed by atoms with van der Waals surface area (Å²) in [7, 11) is 0. The normalized spacial score (nSPS) is 18.9. The van der Waals surface area contributed by atoms with Crippen LogP contribution in [0.4, 0.5) is 23.3 Å². The molecule has 2 aliphatic heterocycles. The van der Waals surface area contributed by atoms with Crippen LogP contribution in [0, 0.1) is 34.1 Å². The van der Waals surface area contributed by atoms with E-state index in [0.717, 1.165) is 0 Å². The van der Waals surface area contributed by atoms with Gasteiger partial charge in [-0.1, -0.05) is 11.6 Å². The third-order valence-corrected chi connectivity index (χ3v) is 5.95. The first-order valence-electron chi connectivity index (χ1n) is 11.8. The lowest BCUT2D eigenvalue weighted by Gasteiger charge is -2.33. The zero-order valence-corrected chi connectivity index (χ0v) is 26.2. The van der Waals surface area contributed by atoms with Crippen LogP contribution in [0.15, 0.2) is 4.79 Å². The number of anilines is 2. The summed E-state index contributed by atoms with van der Waals surface area (Å²) in [4.78, 5) is 50.4. The van der Waals surface area contributed by atoms with Crippen molar-refractivity contribution in [3.8, 4) is 0 Å². The Balaban J connectivity index is 0.000000247. The molecule has 2 saturated heterocycles. The third-order valence-electron chi connectivity index (χ3n) is 5.69. The number of nitrogens with one attached hydrogen (secondary N) is 1. The number of hydrogen-bond donors (Lipinski definition) is 1. The minimum atomic E-state index is -3.22. The van der Waals surface area contributed by atoms with Crippen molar-refractivity contribution >= 4 is 73.8 Å². The van der Waals surface area contributed by atoms with Crippen molar-refractivity contribution in [3.05, 3.63) is 47.1 Å². The van der Waals surface area contributed by atoms with Gasteiger partial charge in [-0.3, -0.25) is 34.6 Å². The van der Waals surface area contributed by atoms with E-state index in [0.29, 0.717) is 51.4 Å². The maximum absolute atomic E-state index is 11.7. The SMILES string of the molecule is Cc1nc(N2CCOCC2C)[nH]c(=O)c1[N+](=O)[O-].Cc1nc(N2CCOCC2C)nc(Cl)c1[N+](=O)[O-].O=P(Cl)(Cl)Cl. The van der Waals surface area contributed by atoms with Crippen LogP contribution in [0.25, 0.3) is 0 Å². The highest BCUT2D eigenvalue weighted by molar-refractivity contribution is 8.24. The molecular weight excluding hydrogens is 653 g/mol. The number of nitro groups is 2. The summed E-state index contributed by atoms with van der Waals surface area (Å²) in [5.74, 6) is 0.776. The zero-order chi connectivity index (χ0) is 31.1. The average Bonchev–Trinajstić information content (AvgIpc) is 2.82. The topological polar surface area (TPSA) is 200 Å². The first kappa shape index (κ1) is 34.9. The van der Waals surface area contributed by atoms with Crippen molar-refractivity contribution < 1.29 is 23.9 Å². The molecule has 16 nitrogen and oxygen atoms in total. The molecule has 0 saturated carbocycles. The summed E-state index contributed by atoms with van der Waals surface area (Å²) in [6.45, 7) is 10.4. The number of H-pyrrole nitrogens is 1. The molecule has 0 bridgehead atoms. The van der Waals surface area contributed by atoms with E-state index in [9.17, 15) is 29.6 Å². The summed E-state index contributed by atoms with van der Waals surface area (Å²) in [5, 5.41) is 18.2. The first-order valence-corrected chi connectivity index (χ1v) is 16.6. The number of halogens is 4. The van der Waals surface area contributed by atoms with Crippen LogP contribution in [0.1, 0.15) is 25.2 Å². The maximum atomic E-state index is 11.7. The second-order valence-electron chi connectivity index (χ2n) is 8.72. The Bertz CT molecular complexity index is 1330. The minimum absolute atomic E-state index is 0.0720. The van der Waals surface area contributed by atoms with Gasteiger partial charge in [0.2, 0.25) is 17.0 Å². The second-order valence-corrected chi connectivity index (χ2v) is 15.7. The van der Waals surface area contributed by atoms with Crippen LogP contribution >= 0.6 is 50.5 Å². The predicted octanol–water partition coefficient (Wildman–Crippen LogP) is 4.59. The molecule has 21 heteroatoms. The summed E-state index contributed by atoms with van der Waals surface area (Å²) in [6.07, 6.45) is 0. The Morgan fingerprint density at radius 1 is 0.902 bits per heavy atom. The number of rotatable bonds is 4. The lowest BCUT2D eigenvalue weighted by Crippen LogP contribution is -2.45. The second kappa shape index (κ2) is 15.2. The highest BCUT2D eigenvalue weighted by Crippen LogP contribution is 2.61. The number of aromatic nitrogens is 4. The fraction of sp³-hybridized carbons (Fsp3) is 0.600. The fourth-order valence-electron chi connectivity index (χ4n) is 3.84. The molecule has 0 amide bonds. The molecule has 41 heavy (non-hydrogen) atoms. The van der Waals surface area contributed by atoms with Gasteiger partial charge in [-0.2, -0.15) is 4.98 Å². The van der Waals surface area contributed by atoms with Crippen LogP contribution < -0.4 is 15.4 Å². The van der Waals surface area contributed by atoms with E-state index in [1.807, 2.05) is 23.6 Å². The minimum Gasteiger partial charge on any atom is -0.377 e. The fourth-order valence-corrected chi connectivity index (χ4v) is 4.12. The van der Waals surface area contributed by atoms with Crippen LogP contribution in [0.2, 0.25) is 5.15 Å². The average molecular weight is 680 g/mol. The molecule has 2 aromatic heterocycles. The van der Waals surface area contributed by atoms with E-state index in [1.54, 1.807) is 6.92 Å². The molecule has 2 unspecified atom stereocenters. The Morgan fingerprint density at radius 2 is 1.37 bits per heavy atom. The van der Waals surface area contributed by atoms with Gasteiger partial charge in [-0.25, -0.2) is 9.97 Å². The van der Waals surface area contributed by atoms with Gasteiger partial charge in [0.25, 0.3) is 0 Å². The van der Waals surface area contributed by atoms with E-state index in [-0.39, 0.29) is 34.3 Å². The van der Waals surface area contributed by atoms with Crippen molar-refractivity contribution in [2.75, 3.05) is 49.3 Å². The molecule has 0 radical (unpaired) electrons. The van der Waals surface area contributed by atoms with Gasteiger partial charge in [-0.15, -0.1) is 0 Å². The van der Waals surface area contributed by atoms with Crippen molar-refractivity contribution in [1.29, 1.82) is 0 Å². The number of nitrogens with zero attached hydrogens (tertiary/aromatic N) is 7. The van der Waals surface area contributed by atoms with Gasteiger partial charge in [0, 0.05) is 13.1 Å². The molecule has 2 atom stereocenters. The molecular formula is C20H27Cl4N8O8P. The van der Waals surface area contributed by atoms with Crippen LogP contribution in [0.5, 0.6) is 0 Å². The number of aromatic amines is 1. The Morgan fingerprint density at radius 3 is 1.78 bits per heavy atom. The van der Waals surface area contributed by atoms with E-state index >= 15 is 0 Å². The molecule has 2 fully saturated rings. The lowest BCUT2D eigenvalue weighted by molar-refractivity contribution is -0.387. The third kappa shape index (κ3) is 10.5. The Labute approximate surface area is 253 Å². The first-order chi connectivity index (χ1) is 19.0. The van der Waals surface area contributed by atoms with Crippen LogP contribution in [-0.4, -0.2) is 81.4 Å². The number of hydrogen-bond acceptors (Lipinski definition) is 13. The van der Waals surface area contributed by atoms with Gasteiger partial charge in [0.15, 0.2) is 0 Å². The van der Waals surface area contributed by atoms with Gasteiger partial charge in [0.05, 0.1) is 48.4 Å². The predicted molar refractivity (Wildman–Crippen MR) is 155 cm³/mol. The molecule has 0 spiro atoms. The van der Waals surface area contributed by atoms with Gasteiger partial charge in [0.1, 0.15) is 11.4 Å². The molecule has 2 aliphatic rings. The molecule has 4 heterocycles. The smallest absolute Gasteiger partial charge is 0.354 e. The van der Waals surface area contributed by atoms with Crippen LogP contribution in [-0.2, 0) is 14.0 Å². The Kier molecular flexibility index (Phi) is 13.0. The summed E-state index contributed by atoms with van der Waals surface area (Å²) < 4.78 is 20.1. The summed E-state index contributed by atoms with van der Waals surface area (Å²) >= 11 is 19.7. The van der Waals surface area contributed by atoms with Crippen molar-refractivity contribution in [2.45, 2.75) is 39.8 Å². The zero-order valence-electron chi connectivity index (χ0n) is 22.3. The highest BCUT2D eigenvalue weighted by atomic mass is 36.0. The van der Waals surface area contributed by atoms with Gasteiger partial charge in [-0.05, 0) is 61.4 Å². The summed E-state index contributed by atoms with van der Waals surface area (Å²) in [5.41, 5.74) is -1.06. The quantitative estimate of drug-likeness (QED) is 0.204. The summed E-state index contributed by atoms with van der Waals surface area (Å²) in [6, 6.07) is 0.193. The van der Waals surface area contributed by atoms with Crippen LogP contribution in [0.3, 0.4) is 0 Å². The molecule has 0 aromatic carbocycles. The van der Waals surface area contributed by atoms with E-state index < -0.39 is 26.3 Å². The molecule has 0 aliphatic carbocycles. The maximum Gasteiger partial charge on any atom is 0.354 e. The number of morpholine rings is 2. The lowest BCUT2D eigenvalue weighted by atomic mass is 10.2. The highest BCUT2D eigenvalue weighted by Gasteiger charge is 2.27. The molecule has 4 rings (SSSR count). The number of ether oxygens (including phenoxy) is 2. The van der Waals surface area contributed by atoms with Gasteiger partial charge >= 0.3 is 22.1 Å². The number of aryl methyl sites for hydroxylation is 2. The largest absolute Gasteiger partial charge is 0.377 e. The van der Waals surface area contributed by atoms with Crippen molar-refractivity contribution in [3.63, 3.8) is 0 Å². The molecule has 2 aromatic rings. The van der Waals surface area contributed by atoms with Crippen molar-refractivity contribution in [1.82, 2.24) is 19.9 Å². The van der Waals surface area contributed by atoms with E-state index in [4.69, 9.17) is 21.1 Å².